The van der Waals surface area contributed by atoms with E-state index in [4.69, 9.17) is 11.5 Å². The molecule has 12 heavy (non-hydrogen) atoms. The second kappa shape index (κ2) is 7.21. The summed E-state index contributed by atoms with van der Waals surface area (Å²) < 4.78 is 0. The molecule has 0 aromatic carbocycles. The van der Waals surface area contributed by atoms with E-state index in [-0.39, 0.29) is 11.8 Å². The number of hydrogen-bond acceptors (Lipinski definition) is 4. The molecule has 0 heterocycles. The molecule has 0 aliphatic carbocycles. The lowest BCUT2D eigenvalue weighted by atomic mass is 10.1. The summed E-state index contributed by atoms with van der Waals surface area (Å²) in [6.07, 6.45) is 2.63. The Hall–Kier alpha value is -0.450. The largest absolute Gasteiger partial charge is 0.330 e. The van der Waals surface area contributed by atoms with Gasteiger partial charge >= 0.3 is 0 Å². The van der Waals surface area contributed by atoms with E-state index in [0.717, 1.165) is 19.3 Å². The standard InChI is InChI=1S/C8H19N3O/c1-11-6-8(12)7(10)4-2-3-5-9/h7,11H,2-6,9-10H2,1H3/t7-/m0/s1. The Bertz CT molecular complexity index is 127. The van der Waals surface area contributed by atoms with Gasteiger partial charge in [0.25, 0.3) is 0 Å². The maximum atomic E-state index is 11.1. The van der Waals surface area contributed by atoms with Crippen LogP contribution in [-0.2, 0) is 4.79 Å². The minimum Gasteiger partial charge on any atom is -0.330 e. The SMILES string of the molecule is CNCC(=O)[C@@H](N)CCCCN. The van der Waals surface area contributed by atoms with Crippen LogP contribution in [0, 0.1) is 0 Å². The van der Waals surface area contributed by atoms with Gasteiger partial charge in [0.15, 0.2) is 5.78 Å². The van der Waals surface area contributed by atoms with Crippen LogP contribution < -0.4 is 16.8 Å². The van der Waals surface area contributed by atoms with Gasteiger partial charge in [-0.2, -0.15) is 0 Å². The van der Waals surface area contributed by atoms with Crippen LogP contribution in [0.5, 0.6) is 0 Å². The van der Waals surface area contributed by atoms with Crippen molar-refractivity contribution in [1.29, 1.82) is 0 Å². The highest BCUT2D eigenvalue weighted by Gasteiger charge is 2.10. The molecular weight excluding hydrogens is 154 g/mol. The Balaban J connectivity index is 3.42. The minimum atomic E-state index is -0.316. The Labute approximate surface area is 73.7 Å². The molecule has 0 aromatic heterocycles. The molecule has 0 spiro atoms. The van der Waals surface area contributed by atoms with Crippen LogP contribution in [0.1, 0.15) is 19.3 Å². The van der Waals surface area contributed by atoms with Crippen molar-refractivity contribution in [2.45, 2.75) is 25.3 Å². The average molecular weight is 173 g/mol. The zero-order chi connectivity index (χ0) is 9.40. The van der Waals surface area contributed by atoms with E-state index in [1.54, 1.807) is 7.05 Å². The highest BCUT2D eigenvalue weighted by molar-refractivity contribution is 5.85. The summed E-state index contributed by atoms with van der Waals surface area (Å²) in [5, 5.41) is 2.78. The van der Waals surface area contributed by atoms with E-state index >= 15 is 0 Å². The maximum Gasteiger partial charge on any atom is 0.163 e. The van der Waals surface area contributed by atoms with Crippen molar-refractivity contribution in [2.24, 2.45) is 11.5 Å². The van der Waals surface area contributed by atoms with Crippen molar-refractivity contribution in [1.82, 2.24) is 5.32 Å². The first kappa shape index (κ1) is 11.6. The number of carbonyl (C=O) groups excluding carboxylic acids is 1. The fourth-order valence-electron chi connectivity index (χ4n) is 0.975. The molecule has 5 N–H and O–H groups in total. The molecule has 0 saturated heterocycles. The van der Waals surface area contributed by atoms with Crippen molar-refractivity contribution >= 4 is 5.78 Å². The van der Waals surface area contributed by atoms with E-state index in [2.05, 4.69) is 5.32 Å². The Kier molecular flexibility index (Phi) is 6.94. The zero-order valence-corrected chi connectivity index (χ0v) is 7.68. The normalized spacial score (nSPS) is 12.9. The van der Waals surface area contributed by atoms with Crippen LogP contribution in [0.2, 0.25) is 0 Å². The van der Waals surface area contributed by atoms with Gasteiger partial charge in [0.1, 0.15) is 0 Å². The van der Waals surface area contributed by atoms with E-state index in [1.807, 2.05) is 0 Å². The fraction of sp³-hybridized carbons (Fsp3) is 0.875. The molecule has 4 heteroatoms. The summed E-state index contributed by atoms with van der Waals surface area (Å²) in [5.41, 5.74) is 10.9. The lowest BCUT2D eigenvalue weighted by Gasteiger charge is -2.08. The first-order chi connectivity index (χ1) is 5.72. The molecule has 0 amide bonds. The van der Waals surface area contributed by atoms with E-state index in [9.17, 15) is 4.79 Å². The van der Waals surface area contributed by atoms with Gasteiger partial charge in [-0.15, -0.1) is 0 Å². The molecule has 0 aliphatic rings. The van der Waals surface area contributed by atoms with Crippen LogP contribution in [0.25, 0.3) is 0 Å². The van der Waals surface area contributed by atoms with Crippen LogP contribution in [0.15, 0.2) is 0 Å². The summed E-state index contributed by atoms with van der Waals surface area (Å²) in [4.78, 5) is 11.1. The Morgan fingerprint density at radius 2 is 2.17 bits per heavy atom. The summed E-state index contributed by atoms with van der Waals surface area (Å²) >= 11 is 0. The van der Waals surface area contributed by atoms with Crippen molar-refractivity contribution in [3.63, 3.8) is 0 Å². The van der Waals surface area contributed by atoms with E-state index < -0.39 is 0 Å². The minimum absolute atomic E-state index is 0.0783. The van der Waals surface area contributed by atoms with E-state index in [0.29, 0.717) is 13.1 Å². The lowest BCUT2D eigenvalue weighted by Crippen LogP contribution is -2.36. The van der Waals surface area contributed by atoms with Crippen LogP contribution >= 0.6 is 0 Å². The summed E-state index contributed by atoms with van der Waals surface area (Å²) in [5.74, 6) is 0.0783. The third kappa shape index (κ3) is 5.23. The predicted octanol–water partition coefficient (Wildman–Crippen LogP) is -0.769. The first-order valence-electron chi connectivity index (χ1n) is 4.35. The van der Waals surface area contributed by atoms with Crippen molar-refractivity contribution in [2.75, 3.05) is 20.1 Å². The van der Waals surface area contributed by atoms with Crippen molar-refractivity contribution in [3.8, 4) is 0 Å². The van der Waals surface area contributed by atoms with Gasteiger partial charge in [-0.3, -0.25) is 4.79 Å². The van der Waals surface area contributed by atoms with E-state index in [1.165, 1.54) is 0 Å². The molecule has 72 valence electrons. The number of Topliss-reactive ketones (excluding diaryl/α,β-unsaturated/α-hetero) is 1. The van der Waals surface area contributed by atoms with Crippen molar-refractivity contribution in [3.05, 3.63) is 0 Å². The molecule has 0 bridgehead atoms. The maximum absolute atomic E-state index is 11.1. The average Bonchev–Trinajstić information content (AvgIpc) is 2.05. The van der Waals surface area contributed by atoms with Crippen LogP contribution in [0.3, 0.4) is 0 Å². The van der Waals surface area contributed by atoms with Gasteiger partial charge in [-0.1, -0.05) is 6.42 Å². The van der Waals surface area contributed by atoms with Gasteiger partial charge in [-0.05, 0) is 26.4 Å². The molecule has 0 rings (SSSR count). The molecule has 4 nitrogen and oxygen atoms in total. The molecule has 1 atom stereocenters. The van der Waals surface area contributed by atoms with Gasteiger partial charge < -0.3 is 16.8 Å². The van der Waals surface area contributed by atoms with Crippen molar-refractivity contribution < 1.29 is 4.79 Å². The molecule has 0 aromatic rings. The smallest absolute Gasteiger partial charge is 0.163 e. The number of ketones is 1. The number of carbonyl (C=O) groups is 1. The third-order valence-corrected chi connectivity index (χ3v) is 1.73. The third-order valence-electron chi connectivity index (χ3n) is 1.73. The first-order valence-corrected chi connectivity index (χ1v) is 4.35. The number of nitrogens with one attached hydrogen (secondary N) is 1. The highest BCUT2D eigenvalue weighted by Crippen LogP contribution is 1.98. The molecule has 0 aliphatic heterocycles. The monoisotopic (exact) mass is 173 g/mol. The zero-order valence-electron chi connectivity index (χ0n) is 7.68. The molecule has 0 unspecified atom stereocenters. The topological polar surface area (TPSA) is 81.1 Å². The number of rotatable bonds is 7. The summed E-state index contributed by atoms with van der Waals surface area (Å²) in [7, 11) is 1.74. The van der Waals surface area contributed by atoms with Crippen LogP contribution in [0.4, 0.5) is 0 Å². The van der Waals surface area contributed by atoms with Gasteiger partial charge in [0, 0.05) is 0 Å². The fourth-order valence-corrected chi connectivity index (χ4v) is 0.975. The second-order valence-electron chi connectivity index (χ2n) is 2.89. The van der Waals surface area contributed by atoms with Gasteiger partial charge in [0.05, 0.1) is 12.6 Å². The number of nitrogens with two attached hydrogens (primary N) is 2. The quantitative estimate of drug-likeness (QED) is 0.442. The van der Waals surface area contributed by atoms with Gasteiger partial charge in [-0.25, -0.2) is 0 Å². The summed E-state index contributed by atoms with van der Waals surface area (Å²) in [6, 6.07) is -0.316. The highest BCUT2D eigenvalue weighted by atomic mass is 16.1. The molecular formula is C8H19N3O. The molecule has 0 saturated carbocycles. The number of unbranched alkanes of at least 4 members (excludes halogenated alkanes) is 1. The Morgan fingerprint density at radius 3 is 2.67 bits per heavy atom. The molecule has 0 radical (unpaired) electrons. The van der Waals surface area contributed by atoms with Crippen LogP contribution in [-0.4, -0.2) is 32.0 Å². The summed E-state index contributed by atoms with van der Waals surface area (Å²) in [6.45, 7) is 1.04. The Morgan fingerprint density at radius 1 is 1.50 bits per heavy atom. The van der Waals surface area contributed by atoms with Gasteiger partial charge in [0.2, 0.25) is 0 Å². The lowest BCUT2D eigenvalue weighted by molar-refractivity contribution is -0.119. The second-order valence-corrected chi connectivity index (χ2v) is 2.89. The number of hydrogen-bond donors (Lipinski definition) is 3. The number of likely N-dealkylation sites (N-methyl/N-ethyl adjacent to an activating group) is 1. The predicted molar refractivity (Wildman–Crippen MR) is 49.8 cm³/mol. The molecule has 0 fully saturated rings.